The predicted molar refractivity (Wildman–Crippen MR) is 81.4 cm³/mol. The zero-order chi connectivity index (χ0) is 13.1. The van der Waals surface area contributed by atoms with E-state index in [2.05, 4.69) is 32.7 Å². The third-order valence-corrected chi connectivity index (χ3v) is 4.82. The zero-order valence-electron chi connectivity index (χ0n) is 10.3. The molecule has 0 spiro atoms. The number of hydrogen-bond donors (Lipinski definition) is 1. The summed E-state index contributed by atoms with van der Waals surface area (Å²) >= 11 is 5.27. The number of fused-ring (bicyclic) bond motifs is 1. The molecule has 5 heteroatoms. The highest BCUT2D eigenvalue weighted by molar-refractivity contribution is 9.10. The predicted octanol–water partition coefficient (Wildman–Crippen LogP) is 4.28. The second-order valence-corrected chi connectivity index (χ2v) is 6.11. The van der Waals surface area contributed by atoms with E-state index < -0.39 is 0 Å². The fourth-order valence-electron chi connectivity index (χ4n) is 1.91. The number of hydrogen-bond acceptors (Lipinski definition) is 4. The van der Waals surface area contributed by atoms with Gasteiger partial charge in [-0.1, -0.05) is 0 Å². The first-order chi connectivity index (χ1) is 9.33. The summed E-state index contributed by atoms with van der Waals surface area (Å²) in [5.41, 5.74) is 1.05. The molecule has 0 bridgehead atoms. The van der Waals surface area contributed by atoms with Crippen molar-refractivity contribution in [3.63, 3.8) is 0 Å². The molecular weight excluding hydrogens is 326 g/mol. The van der Waals surface area contributed by atoms with Crippen LogP contribution in [0.1, 0.15) is 11.3 Å². The summed E-state index contributed by atoms with van der Waals surface area (Å²) < 4.78 is 12.4. The molecule has 2 aromatic rings. The van der Waals surface area contributed by atoms with E-state index in [1.807, 2.05) is 18.2 Å². The topological polar surface area (TPSA) is 30.5 Å². The van der Waals surface area contributed by atoms with Gasteiger partial charge in [-0.05, 0) is 39.5 Å². The lowest BCUT2D eigenvalue weighted by Gasteiger charge is -2.10. The van der Waals surface area contributed by atoms with Crippen LogP contribution in [-0.4, -0.2) is 13.2 Å². The Hall–Kier alpha value is -1.20. The lowest BCUT2D eigenvalue weighted by atomic mass is 10.2. The van der Waals surface area contributed by atoms with Crippen LogP contribution < -0.4 is 14.8 Å². The molecule has 0 unspecified atom stereocenters. The van der Waals surface area contributed by atoms with Crippen molar-refractivity contribution in [1.29, 1.82) is 0 Å². The third-order valence-electron chi connectivity index (χ3n) is 2.89. The summed E-state index contributed by atoms with van der Waals surface area (Å²) in [5.74, 6) is 1.66. The van der Waals surface area contributed by atoms with Gasteiger partial charge in [-0.15, -0.1) is 11.3 Å². The lowest BCUT2D eigenvalue weighted by molar-refractivity contribution is 0.297. The standard InChI is InChI=1S/C14H14BrNO2S/c15-11-4-7-19-14(11)9-16-10-2-3-12-13(8-10)18-6-1-5-17-12/h2-4,7-8,16H,1,5-6,9H2. The highest BCUT2D eigenvalue weighted by Gasteiger charge is 2.10. The molecule has 100 valence electrons. The van der Waals surface area contributed by atoms with Gasteiger partial charge in [0.05, 0.1) is 19.8 Å². The van der Waals surface area contributed by atoms with Gasteiger partial charge in [0.2, 0.25) is 0 Å². The molecule has 0 radical (unpaired) electrons. The first-order valence-electron chi connectivity index (χ1n) is 6.18. The number of halogens is 1. The smallest absolute Gasteiger partial charge is 0.163 e. The maximum absolute atomic E-state index is 5.68. The summed E-state index contributed by atoms with van der Waals surface area (Å²) in [6.07, 6.45) is 0.930. The molecule has 0 fully saturated rings. The van der Waals surface area contributed by atoms with Gasteiger partial charge in [0, 0.05) is 27.5 Å². The maximum Gasteiger partial charge on any atom is 0.163 e. The van der Waals surface area contributed by atoms with E-state index in [0.717, 1.165) is 41.2 Å². The van der Waals surface area contributed by atoms with Crippen molar-refractivity contribution in [3.05, 3.63) is 39.0 Å². The van der Waals surface area contributed by atoms with Gasteiger partial charge in [-0.3, -0.25) is 0 Å². The Bertz CT molecular complexity index is 570. The second kappa shape index (κ2) is 5.84. The molecule has 0 saturated carbocycles. The quantitative estimate of drug-likeness (QED) is 0.904. The molecular formula is C14H14BrNO2S. The van der Waals surface area contributed by atoms with Crippen molar-refractivity contribution in [2.45, 2.75) is 13.0 Å². The van der Waals surface area contributed by atoms with Crippen molar-refractivity contribution in [2.24, 2.45) is 0 Å². The van der Waals surface area contributed by atoms with Crippen LogP contribution in [0.15, 0.2) is 34.1 Å². The Morgan fingerprint density at radius 2 is 2.00 bits per heavy atom. The fraction of sp³-hybridized carbons (Fsp3) is 0.286. The van der Waals surface area contributed by atoms with E-state index in [1.54, 1.807) is 11.3 Å². The summed E-state index contributed by atoms with van der Waals surface area (Å²) in [4.78, 5) is 1.28. The molecule has 0 saturated heterocycles. The van der Waals surface area contributed by atoms with Crippen molar-refractivity contribution in [2.75, 3.05) is 18.5 Å². The van der Waals surface area contributed by atoms with Crippen LogP contribution in [0.2, 0.25) is 0 Å². The van der Waals surface area contributed by atoms with Gasteiger partial charge in [0.25, 0.3) is 0 Å². The second-order valence-electron chi connectivity index (χ2n) is 4.26. The van der Waals surface area contributed by atoms with Crippen molar-refractivity contribution in [1.82, 2.24) is 0 Å². The molecule has 1 aromatic carbocycles. The zero-order valence-corrected chi connectivity index (χ0v) is 12.7. The van der Waals surface area contributed by atoms with Gasteiger partial charge < -0.3 is 14.8 Å². The Morgan fingerprint density at radius 3 is 2.79 bits per heavy atom. The Morgan fingerprint density at radius 1 is 1.16 bits per heavy atom. The van der Waals surface area contributed by atoms with Crippen LogP contribution in [0.25, 0.3) is 0 Å². The van der Waals surface area contributed by atoms with E-state index in [4.69, 9.17) is 9.47 Å². The van der Waals surface area contributed by atoms with E-state index in [9.17, 15) is 0 Å². The third kappa shape index (κ3) is 3.04. The molecule has 1 aliphatic rings. The molecule has 0 amide bonds. The van der Waals surface area contributed by atoms with Crippen LogP contribution in [-0.2, 0) is 6.54 Å². The fourth-order valence-corrected chi connectivity index (χ4v) is 3.34. The van der Waals surface area contributed by atoms with Gasteiger partial charge in [-0.2, -0.15) is 0 Å². The largest absolute Gasteiger partial charge is 0.490 e. The molecule has 19 heavy (non-hydrogen) atoms. The van der Waals surface area contributed by atoms with E-state index in [-0.39, 0.29) is 0 Å². The molecule has 3 nitrogen and oxygen atoms in total. The Balaban J connectivity index is 1.72. The average Bonchev–Trinajstić information content (AvgIpc) is 2.70. The first-order valence-corrected chi connectivity index (χ1v) is 7.85. The molecule has 1 aliphatic heterocycles. The molecule has 1 N–H and O–H groups in total. The number of ether oxygens (including phenoxy) is 2. The molecule has 0 atom stereocenters. The van der Waals surface area contributed by atoms with Crippen molar-refractivity contribution < 1.29 is 9.47 Å². The average molecular weight is 340 g/mol. The minimum atomic E-state index is 0.715. The molecule has 3 rings (SSSR count). The van der Waals surface area contributed by atoms with Gasteiger partial charge >= 0.3 is 0 Å². The van der Waals surface area contributed by atoms with E-state index in [1.165, 1.54) is 4.88 Å². The van der Waals surface area contributed by atoms with Crippen molar-refractivity contribution >= 4 is 33.0 Å². The minimum absolute atomic E-state index is 0.715. The highest BCUT2D eigenvalue weighted by atomic mass is 79.9. The number of rotatable bonds is 3. The maximum atomic E-state index is 5.68. The summed E-state index contributed by atoms with van der Waals surface area (Å²) in [7, 11) is 0. The normalized spacial score (nSPS) is 13.9. The van der Waals surface area contributed by atoms with Crippen LogP contribution in [0.3, 0.4) is 0 Å². The number of anilines is 1. The van der Waals surface area contributed by atoms with E-state index in [0.29, 0.717) is 6.61 Å². The number of benzene rings is 1. The van der Waals surface area contributed by atoms with Gasteiger partial charge in [0.15, 0.2) is 11.5 Å². The lowest BCUT2D eigenvalue weighted by Crippen LogP contribution is -1.99. The summed E-state index contributed by atoms with van der Waals surface area (Å²) in [6.45, 7) is 2.24. The molecule has 1 aromatic heterocycles. The SMILES string of the molecule is Brc1ccsc1CNc1ccc2c(c1)OCCCO2. The van der Waals surface area contributed by atoms with Crippen LogP contribution in [0, 0.1) is 0 Å². The van der Waals surface area contributed by atoms with Crippen LogP contribution in [0.4, 0.5) is 5.69 Å². The highest BCUT2D eigenvalue weighted by Crippen LogP contribution is 2.32. The van der Waals surface area contributed by atoms with E-state index >= 15 is 0 Å². The van der Waals surface area contributed by atoms with Crippen molar-refractivity contribution in [3.8, 4) is 11.5 Å². The Labute approximate surface area is 124 Å². The summed E-state index contributed by atoms with van der Waals surface area (Å²) in [6, 6.07) is 8.05. The first kappa shape index (κ1) is 12.8. The van der Waals surface area contributed by atoms with Gasteiger partial charge in [0.1, 0.15) is 0 Å². The molecule has 0 aliphatic carbocycles. The Kier molecular flexibility index (Phi) is 3.94. The van der Waals surface area contributed by atoms with Gasteiger partial charge in [-0.25, -0.2) is 0 Å². The monoisotopic (exact) mass is 339 g/mol. The van der Waals surface area contributed by atoms with Crippen LogP contribution in [0.5, 0.6) is 11.5 Å². The number of thiophene rings is 1. The molecule has 2 heterocycles. The minimum Gasteiger partial charge on any atom is -0.490 e. The number of nitrogens with one attached hydrogen (secondary N) is 1. The summed E-state index contributed by atoms with van der Waals surface area (Å²) in [5, 5.41) is 5.48. The van der Waals surface area contributed by atoms with Crippen LogP contribution >= 0.6 is 27.3 Å².